The predicted octanol–water partition coefficient (Wildman–Crippen LogP) is 3.68. The molecule has 3 aliphatic heterocycles. The molecule has 1 saturated heterocycles. The van der Waals surface area contributed by atoms with Crippen molar-refractivity contribution in [2.45, 2.75) is 19.4 Å². The molecule has 0 spiro atoms. The summed E-state index contributed by atoms with van der Waals surface area (Å²) in [6.07, 6.45) is 2.21. The number of amides is 1. The Balaban J connectivity index is 1.63. The SMILES string of the molecule is COc1ccc(N=C2C(=O)N3c4c(cc(OC)cc42)C(CN2CCOCC2)=CC3(C)C)cc1. The zero-order chi connectivity index (χ0) is 23.2. The van der Waals surface area contributed by atoms with Gasteiger partial charge in [-0.15, -0.1) is 0 Å². The van der Waals surface area contributed by atoms with E-state index in [1.54, 1.807) is 14.2 Å². The van der Waals surface area contributed by atoms with Crippen LogP contribution in [0.2, 0.25) is 0 Å². The number of hydrogen-bond donors (Lipinski definition) is 0. The van der Waals surface area contributed by atoms with Crippen molar-refractivity contribution >= 4 is 28.6 Å². The number of carbonyl (C=O) groups is 1. The quantitative estimate of drug-likeness (QED) is 0.700. The summed E-state index contributed by atoms with van der Waals surface area (Å²) in [7, 11) is 3.28. The van der Waals surface area contributed by atoms with Crippen LogP contribution in [0.1, 0.15) is 25.0 Å². The van der Waals surface area contributed by atoms with Crippen LogP contribution in [0.4, 0.5) is 11.4 Å². The van der Waals surface area contributed by atoms with Gasteiger partial charge in [-0.25, -0.2) is 4.99 Å². The molecule has 0 radical (unpaired) electrons. The second-order valence-electron chi connectivity index (χ2n) is 9.08. The van der Waals surface area contributed by atoms with Crippen molar-refractivity contribution in [1.29, 1.82) is 0 Å². The lowest BCUT2D eigenvalue weighted by molar-refractivity contribution is -0.112. The highest BCUT2D eigenvalue weighted by molar-refractivity contribution is 6.55. The summed E-state index contributed by atoms with van der Waals surface area (Å²) < 4.78 is 16.4. The van der Waals surface area contributed by atoms with Gasteiger partial charge < -0.3 is 14.2 Å². The lowest BCUT2D eigenvalue weighted by Gasteiger charge is -2.40. The average molecular weight is 448 g/mol. The number of morpholine rings is 1. The molecule has 0 saturated carbocycles. The Morgan fingerprint density at radius 2 is 1.67 bits per heavy atom. The van der Waals surface area contributed by atoms with Crippen LogP contribution in [0, 0.1) is 0 Å². The molecule has 0 aliphatic carbocycles. The number of anilines is 1. The lowest BCUT2D eigenvalue weighted by atomic mass is 9.87. The first kappa shape index (κ1) is 21.7. The van der Waals surface area contributed by atoms with Crippen LogP contribution < -0.4 is 14.4 Å². The third kappa shape index (κ3) is 3.81. The topological polar surface area (TPSA) is 63.6 Å². The number of methoxy groups -OCH3 is 2. The van der Waals surface area contributed by atoms with E-state index in [2.05, 4.69) is 24.8 Å². The van der Waals surface area contributed by atoms with Crippen LogP contribution in [-0.4, -0.2) is 69.1 Å². The fourth-order valence-corrected chi connectivity index (χ4v) is 4.86. The molecule has 0 N–H and O–H groups in total. The molecule has 1 fully saturated rings. The average Bonchev–Trinajstić information content (AvgIpc) is 3.10. The van der Waals surface area contributed by atoms with Gasteiger partial charge in [0, 0.05) is 30.8 Å². The molecule has 0 atom stereocenters. The first-order chi connectivity index (χ1) is 15.9. The van der Waals surface area contributed by atoms with Crippen molar-refractivity contribution in [3.63, 3.8) is 0 Å². The third-order valence-electron chi connectivity index (χ3n) is 6.46. The highest BCUT2D eigenvalue weighted by Crippen LogP contribution is 2.47. The number of hydrogen-bond acceptors (Lipinski definition) is 6. The van der Waals surface area contributed by atoms with Gasteiger partial charge in [-0.2, -0.15) is 0 Å². The van der Waals surface area contributed by atoms with Crippen LogP contribution in [0.15, 0.2) is 47.5 Å². The summed E-state index contributed by atoms with van der Waals surface area (Å²) in [4.78, 5) is 22.7. The minimum Gasteiger partial charge on any atom is -0.497 e. The van der Waals surface area contributed by atoms with E-state index in [4.69, 9.17) is 19.2 Å². The van der Waals surface area contributed by atoms with Crippen molar-refractivity contribution in [2.24, 2.45) is 4.99 Å². The molecule has 7 heteroatoms. The molecule has 1 amide bonds. The summed E-state index contributed by atoms with van der Waals surface area (Å²) >= 11 is 0. The zero-order valence-corrected chi connectivity index (χ0v) is 19.6. The molecule has 0 aromatic heterocycles. The van der Waals surface area contributed by atoms with E-state index in [-0.39, 0.29) is 5.91 Å². The standard InChI is InChI=1S/C26H29N3O4/c1-26(2)15-17(16-28-9-11-33-12-10-28)21-13-20(32-4)14-22-23(25(30)29(26)24(21)22)27-18-5-7-19(31-3)8-6-18/h5-8,13-15H,9-12,16H2,1-4H3. The molecule has 2 aromatic rings. The van der Waals surface area contributed by atoms with E-state index >= 15 is 0 Å². The van der Waals surface area contributed by atoms with Crippen LogP contribution in [0.25, 0.3) is 5.57 Å². The number of ether oxygens (including phenoxy) is 3. The van der Waals surface area contributed by atoms with Crippen LogP contribution >= 0.6 is 0 Å². The van der Waals surface area contributed by atoms with E-state index < -0.39 is 5.54 Å². The molecule has 0 unspecified atom stereocenters. The maximum atomic E-state index is 13.7. The summed E-state index contributed by atoms with van der Waals surface area (Å²) in [5.74, 6) is 1.37. The monoisotopic (exact) mass is 447 g/mol. The Morgan fingerprint density at radius 3 is 2.33 bits per heavy atom. The Morgan fingerprint density at radius 1 is 1.00 bits per heavy atom. The molecular formula is C26H29N3O4. The zero-order valence-electron chi connectivity index (χ0n) is 19.6. The van der Waals surface area contributed by atoms with Crippen LogP contribution in [0.3, 0.4) is 0 Å². The molecule has 3 aliphatic rings. The highest BCUT2D eigenvalue weighted by atomic mass is 16.5. The smallest absolute Gasteiger partial charge is 0.278 e. The summed E-state index contributed by atoms with van der Waals surface area (Å²) in [5.41, 5.74) is 4.62. The molecule has 33 heavy (non-hydrogen) atoms. The number of rotatable bonds is 5. The Kier molecular flexibility index (Phi) is 5.46. The molecular weight excluding hydrogens is 418 g/mol. The fourth-order valence-electron chi connectivity index (χ4n) is 4.86. The maximum absolute atomic E-state index is 13.7. The van der Waals surface area contributed by atoms with Crippen molar-refractivity contribution in [3.8, 4) is 11.5 Å². The lowest BCUT2D eigenvalue weighted by Crippen LogP contribution is -2.48. The van der Waals surface area contributed by atoms with Gasteiger partial charge in [-0.1, -0.05) is 6.08 Å². The van der Waals surface area contributed by atoms with Crippen LogP contribution in [-0.2, 0) is 9.53 Å². The number of nitrogens with zero attached hydrogens (tertiary/aromatic N) is 3. The van der Waals surface area contributed by atoms with Gasteiger partial charge in [0.15, 0.2) is 0 Å². The number of aliphatic imine (C=N–C) groups is 1. The molecule has 2 aromatic carbocycles. The molecule has 0 bridgehead atoms. The summed E-state index contributed by atoms with van der Waals surface area (Å²) in [6.45, 7) is 8.26. The first-order valence-corrected chi connectivity index (χ1v) is 11.2. The van der Waals surface area contributed by atoms with Gasteiger partial charge in [0.1, 0.15) is 17.2 Å². The van der Waals surface area contributed by atoms with Crippen LogP contribution in [0.5, 0.6) is 11.5 Å². The fraction of sp³-hybridized carbons (Fsp3) is 0.385. The van der Waals surface area contributed by atoms with Gasteiger partial charge in [-0.3, -0.25) is 14.6 Å². The van der Waals surface area contributed by atoms with Gasteiger partial charge in [0.05, 0.1) is 44.3 Å². The number of carbonyl (C=O) groups excluding carboxylic acids is 1. The van der Waals surface area contributed by atoms with E-state index in [9.17, 15) is 4.79 Å². The normalized spacial score (nSPS) is 20.6. The first-order valence-electron chi connectivity index (χ1n) is 11.2. The van der Waals surface area contributed by atoms with Crippen molar-refractivity contribution in [2.75, 3.05) is 52.0 Å². The Labute approximate surface area is 194 Å². The minimum atomic E-state index is -0.480. The maximum Gasteiger partial charge on any atom is 0.278 e. The van der Waals surface area contributed by atoms with Crippen molar-refractivity contribution < 1.29 is 19.0 Å². The Hall–Kier alpha value is -3.16. The molecule has 7 nitrogen and oxygen atoms in total. The van der Waals surface area contributed by atoms with Gasteiger partial charge in [0.2, 0.25) is 0 Å². The number of benzene rings is 2. The Bertz CT molecular complexity index is 1140. The van der Waals surface area contributed by atoms with E-state index in [0.717, 1.165) is 55.4 Å². The molecule has 172 valence electrons. The predicted molar refractivity (Wildman–Crippen MR) is 129 cm³/mol. The third-order valence-corrected chi connectivity index (χ3v) is 6.46. The van der Waals surface area contributed by atoms with Crippen molar-refractivity contribution in [1.82, 2.24) is 4.90 Å². The summed E-state index contributed by atoms with van der Waals surface area (Å²) in [5, 5.41) is 0. The highest BCUT2D eigenvalue weighted by Gasteiger charge is 2.46. The van der Waals surface area contributed by atoms with E-state index in [1.807, 2.05) is 41.3 Å². The molecule has 5 rings (SSSR count). The van der Waals surface area contributed by atoms with E-state index in [1.165, 1.54) is 5.57 Å². The largest absolute Gasteiger partial charge is 0.497 e. The molecule has 3 heterocycles. The van der Waals surface area contributed by atoms with Gasteiger partial charge in [-0.05, 0) is 55.8 Å². The van der Waals surface area contributed by atoms with Gasteiger partial charge >= 0.3 is 0 Å². The summed E-state index contributed by atoms with van der Waals surface area (Å²) in [6, 6.07) is 11.4. The van der Waals surface area contributed by atoms with Crippen molar-refractivity contribution in [3.05, 3.63) is 53.6 Å². The minimum absolute atomic E-state index is 0.0954. The second kappa shape index (κ2) is 8.32. The second-order valence-corrected chi connectivity index (χ2v) is 9.08. The van der Waals surface area contributed by atoms with Gasteiger partial charge in [0.25, 0.3) is 5.91 Å². The van der Waals surface area contributed by atoms with E-state index in [0.29, 0.717) is 17.1 Å².